The molecule has 0 bridgehead atoms. The molecule has 0 unspecified atom stereocenters. The van der Waals surface area contributed by atoms with Gasteiger partial charge in [0.25, 0.3) is 0 Å². The highest BCUT2D eigenvalue weighted by atomic mass is 16.7. The molecule has 2 saturated heterocycles. The second-order valence-corrected chi connectivity index (χ2v) is 7.67. The first-order valence-electron chi connectivity index (χ1n) is 8.46. The number of carbonyl (C=O) groups is 1. The molecule has 3 aliphatic heterocycles. The number of rotatable bonds is 2. The minimum absolute atomic E-state index is 0.225. The summed E-state index contributed by atoms with van der Waals surface area (Å²) in [5, 5.41) is 9.36. The summed E-state index contributed by atoms with van der Waals surface area (Å²) in [6, 6.07) is 5.20. The zero-order valence-corrected chi connectivity index (χ0v) is 14.8. The Morgan fingerprint density at radius 3 is 2.56 bits per heavy atom. The van der Waals surface area contributed by atoms with Gasteiger partial charge in [-0.15, -0.1) is 0 Å². The number of ether oxygens (including phenoxy) is 2. The lowest BCUT2D eigenvalue weighted by atomic mass is 9.78. The van der Waals surface area contributed by atoms with Crippen molar-refractivity contribution in [2.75, 3.05) is 18.1 Å². The van der Waals surface area contributed by atoms with Crippen LogP contribution in [0.5, 0.6) is 5.75 Å². The standard InChI is InChI=1S/C17H22BNO6/c1-16(2)17(3,4)25-18(24-16)10-5-6-11-13(7-10)22-9-12-14(8-20)23-15(21)19(11)12/h5-7,12,14,20H,8-9H2,1-4H3/t12-,14-/m0/s1. The summed E-state index contributed by atoms with van der Waals surface area (Å²) in [5.41, 5.74) is 0.624. The van der Waals surface area contributed by atoms with Gasteiger partial charge in [-0.05, 0) is 45.3 Å². The Morgan fingerprint density at radius 2 is 1.92 bits per heavy atom. The molecular formula is C17H22BNO6. The molecule has 3 aliphatic rings. The highest BCUT2D eigenvalue weighted by molar-refractivity contribution is 6.62. The highest BCUT2D eigenvalue weighted by Crippen LogP contribution is 2.40. The number of amides is 1. The summed E-state index contributed by atoms with van der Waals surface area (Å²) >= 11 is 0. The number of fused-ring (bicyclic) bond motifs is 3. The van der Waals surface area contributed by atoms with Crippen LogP contribution in [0.3, 0.4) is 0 Å². The van der Waals surface area contributed by atoms with Gasteiger partial charge in [-0.2, -0.15) is 0 Å². The van der Waals surface area contributed by atoms with Gasteiger partial charge in [-0.25, -0.2) is 4.79 Å². The number of aliphatic hydroxyl groups is 1. The Labute approximate surface area is 146 Å². The SMILES string of the molecule is CC1(C)OB(c2ccc3c(c2)OC[C@H]2[C@H](CO)OC(=O)N32)OC1(C)C. The maximum atomic E-state index is 12.1. The highest BCUT2D eigenvalue weighted by Gasteiger charge is 2.52. The maximum absolute atomic E-state index is 12.1. The number of hydrogen-bond acceptors (Lipinski definition) is 6. The quantitative estimate of drug-likeness (QED) is 0.807. The van der Waals surface area contributed by atoms with E-state index in [1.165, 1.54) is 0 Å². The van der Waals surface area contributed by atoms with Crippen LogP contribution in [0.15, 0.2) is 18.2 Å². The lowest BCUT2D eigenvalue weighted by molar-refractivity contribution is 0.00578. The molecule has 2 fully saturated rings. The number of hydrogen-bond donors (Lipinski definition) is 1. The van der Waals surface area contributed by atoms with Crippen molar-refractivity contribution in [1.82, 2.24) is 0 Å². The average Bonchev–Trinajstić information content (AvgIpc) is 3.00. The van der Waals surface area contributed by atoms with Gasteiger partial charge < -0.3 is 23.9 Å². The van der Waals surface area contributed by atoms with Gasteiger partial charge in [-0.1, -0.05) is 6.07 Å². The molecule has 1 aromatic rings. The molecule has 134 valence electrons. The van der Waals surface area contributed by atoms with Crippen molar-refractivity contribution in [2.45, 2.75) is 51.0 Å². The lowest BCUT2D eigenvalue weighted by Crippen LogP contribution is -2.46. The molecule has 25 heavy (non-hydrogen) atoms. The van der Waals surface area contributed by atoms with Crippen molar-refractivity contribution in [1.29, 1.82) is 0 Å². The Balaban J connectivity index is 1.64. The summed E-state index contributed by atoms with van der Waals surface area (Å²) in [5.74, 6) is 0.582. The summed E-state index contributed by atoms with van der Waals surface area (Å²) in [4.78, 5) is 13.7. The summed E-state index contributed by atoms with van der Waals surface area (Å²) in [7, 11) is -0.493. The third-order valence-electron chi connectivity index (χ3n) is 5.57. The second kappa shape index (κ2) is 5.36. The van der Waals surface area contributed by atoms with Crippen LogP contribution >= 0.6 is 0 Å². The van der Waals surface area contributed by atoms with E-state index >= 15 is 0 Å². The smallest absolute Gasteiger partial charge is 0.489 e. The second-order valence-electron chi connectivity index (χ2n) is 7.67. The van der Waals surface area contributed by atoms with E-state index in [-0.39, 0.29) is 19.3 Å². The summed E-state index contributed by atoms with van der Waals surface area (Å²) < 4.78 is 23.2. The zero-order valence-electron chi connectivity index (χ0n) is 14.8. The van der Waals surface area contributed by atoms with E-state index in [1.807, 2.05) is 45.9 Å². The fourth-order valence-corrected chi connectivity index (χ4v) is 3.33. The van der Waals surface area contributed by atoms with Gasteiger partial charge in [0.15, 0.2) is 6.10 Å². The molecule has 0 saturated carbocycles. The van der Waals surface area contributed by atoms with Crippen molar-refractivity contribution >= 4 is 24.4 Å². The predicted molar refractivity (Wildman–Crippen MR) is 91.3 cm³/mol. The number of nitrogens with zero attached hydrogens (tertiary/aromatic N) is 1. The first kappa shape index (κ1) is 16.7. The lowest BCUT2D eigenvalue weighted by Gasteiger charge is -2.32. The number of benzene rings is 1. The van der Waals surface area contributed by atoms with E-state index in [9.17, 15) is 9.90 Å². The molecule has 0 radical (unpaired) electrons. The van der Waals surface area contributed by atoms with Crippen LogP contribution in [0, 0.1) is 0 Å². The van der Waals surface area contributed by atoms with Crippen molar-refractivity contribution in [3.8, 4) is 5.75 Å². The number of cyclic esters (lactones) is 1. The molecule has 1 N–H and O–H groups in total. The van der Waals surface area contributed by atoms with Gasteiger partial charge in [0.2, 0.25) is 0 Å². The molecule has 0 aromatic heterocycles. The Kier molecular flexibility index (Phi) is 3.58. The van der Waals surface area contributed by atoms with Crippen LogP contribution in [-0.4, -0.2) is 54.9 Å². The summed E-state index contributed by atoms with van der Waals surface area (Å²) in [6.45, 7) is 8.06. The van der Waals surface area contributed by atoms with Gasteiger partial charge in [0, 0.05) is 0 Å². The van der Waals surface area contributed by atoms with Crippen molar-refractivity contribution < 1.29 is 28.7 Å². The fourth-order valence-electron chi connectivity index (χ4n) is 3.33. The Morgan fingerprint density at radius 1 is 1.24 bits per heavy atom. The number of anilines is 1. The van der Waals surface area contributed by atoms with Crippen LogP contribution in [-0.2, 0) is 14.0 Å². The molecule has 1 amide bonds. The van der Waals surface area contributed by atoms with Crippen LogP contribution in [0.4, 0.5) is 10.5 Å². The van der Waals surface area contributed by atoms with Crippen molar-refractivity contribution in [3.05, 3.63) is 18.2 Å². The summed E-state index contributed by atoms with van der Waals surface area (Å²) in [6.07, 6.45) is -1.03. The van der Waals surface area contributed by atoms with Crippen LogP contribution in [0.2, 0.25) is 0 Å². The minimum atomic E-state index is -0.566. The van der Waals surface area contributed by atoms with Gasteiger partial charge >= 0.3 is 13.2 Å². The fraction of sp³-hybridized carbons (Fsp3) is 0.588. The third-order valence-corrected chi connectivity index (χ3v) is 5.57. The molecule has 2 atom stereocenters. The zero-order chi connectivity index (χ0) is 18.0. The van der Waals surface area contributed by atoms with Crippen molar-refractivity contribution in [3.63, 3.8) is 0 Å². The Bertz CT molecular complexity index is 705. The molecule has 3 heterocycles. The molecule has 8 heteroatoms. The molecule has 1 aromatic carbocycles. The maximum Gasteiger partial charge on any atom is 0.494 e. The molecule has 0 spiro atoms. The first-order chi connectivity index (χ1) is 11.7. The van der Waals surface area contributed by atoms with Gasteiger partial charge in [-0.3, -0.25) is 4.90 Å². The monoisotopic (exact) mass is 347 g/mol. The molecule has 4 rings (SSSR count). The van der Waals surface area contributed by atoms with E-state index in [1.54, 1.807) is 4.90 Å². The largest absolute Gasteiger partial charge is 0.494 e. The number of carbonyl (C=O) groups excluding carboxylic acids is 1. The number of aliphatic hydroxyl groups excluding tert-OH is 1. The Hall–Kier alpha value is -1.77. The minimum Gasteiger partial charge on any atom is -0.489 e. The molecular weight excluding hydrogens is 325 g/mol. The third kappa shape index (κ3) is 2.43. The normalized spacial score (nSPS) is 29.1. The van der Waals surface area contributed by atoms with Crippen LogP contribution in [0.25, 0.3) is 0 Å². The first-order valence-corrected chi connectivity index (χ1v) is 8.46. The van der Waals surface area contributed by atoms with E-state index in [4.69, 9.17) is 18.8 Å². The van der Waals surface area contributed by atoms with Crippen molar-refractivity contribution in [2.24, 2.45) is 0 Å². The molecule has 0 aliphatic carbocycles. The van der Waals surface area contributed by atoms with E-state index in [2.05, 4.69) is 0 Å². The van der Waals surface area contributed by atoms with Gasteiger partial charge in [0.05, 0.1) is 23.5 Å². The van der Waals surface area contributed by atoms with E-state index < -0.39 is 30.5 Å². The van der Waals surface area contributed by atoms with E-state index in [0.717, 1.165) is 5.46 Å². The predicted octanol–water partition coefficient (Wildman–Crippen LogP) is 1.06. The van der Waals surface area contributed by atoms with Crippen LogP contribution in [0.1, 0.15) is 27.7 Å². The van der Waals surface area contributed by atoms with E-state index in [0.29, 0.717) is 11.4 Å². The van der Waals surface area contributed by atoms with Gasteiger partial charge in [0.1, 0.15) is 18.4 Å². The molecule has 7 nitrogen and oxygen atoms in total. The average molecular weight is 347 g/mol. The van der Waals surface area contributed by atoms with Crippen LogP contribution < -0.4 is 15.1 Å². The topological polar surface area (TPSA) is 77.5 Å².